The van der Waals surface area contributed by atoms with Crippen LogP contribution in [-0.4, -0.2) is 34.5 Å². The number of hydrogen-bond acceptors (Lipinski definition) is 6. The Hall–Kier alpha value is -2.82. The number of sulfonamides is 1. The van der Waals surface area contributed by atoms with E-state index in [-0.39, 0.29) is 27.5 Å². The summed E-state index contributed by atoms with van der Waals surface area (Å²) in [6.07, 6.45) is 0. The Morgan fingerprint density at radius 1 is 0.926 bits per heavy atom. The van der Waals surface area contributed by atoms with Crippen LogP contribution in [0.3, 0.4) is 0 Å². The van der Waals surface area contributed by atoms with Gasteiger partial charge in [0, 0.05) is 5.02 Å². The van der Waals surface area contributed by atoms with Crippen molar-refractivity contribution >= 4 is 33.4 Å². The fourth-order valence-electron chi connectivity index (χ4n) is 2.15. The lowest BCUT2D eigenvalue weighted by atomic mass is 10.2. The van der Waals surface area contributed by atoms with Crippen LogP contribution in [0.2, 0.25) is 5.02 Å². The van der Waals surface area contributed by atoms with Crippen LogP contribution in [0.15, 0.2) is 41.3 Å². The van der Waals surface area contributed by atoms with Gasteiger partial charge < -0.3 is 9.47 Å². The van der Waals surface area contributed by atoms with E-state index in [1.807, 2.05) is 0 Å². The van der Waals surface area contributed by atoms with Crippen LogP contribution in [0.4, 0.5) is 0 Å². The number of methoxy groups -OCH3 is 2. The normalized spacial score (nSPS) is 10.8. The molecule has 0 saturated heterocycles. The van der Waals surface area contributed by atoms with E-state index in [2.05, 4.69) is 10.9 Å². The zero-order chi connectivity index (χ0) is 20.2. The van der Waals surface area contributed by atoms with Crippen molar-refractivity contribution < 1.29 is 27.5 Å². The largest absolute Gasteiger partial charge is 0.496 e. The van der Waals surface area contributed by atoms with Gasteiger partial charge in [-0.3, -0.25) is 20.4 Å². The molecule has 0 radical (unpaired) electrons. The second-order valence-electron chi connectivity index (χ2n) is 5.16. The summed E-state index contributed by atoms with van der Waals surface area (Å²) in [6.45, 7) is 0. The molecule has 11 heteroatoms. The number of carbonyl (C=O) groups excluding carboxylic acids is 2. The molecule has 0 fully saturated rings. The van der Waals surface area contributed by atoms with Gasteiger partial charge in [0.2, 0.25) is 10.0 Å². The highest BCUT2D eigenvalue weighted by Crippen LogP contribution is 2.23. The molecule has 2 aromatic carbocycles. The minimum absolute atomic E-state index is 0.0921. The highest BCUT2D eigenvalue weighted by Gasteiger charge is 2.19. The summed E-state index contributed by atoms with van der Waals surface area (Å²) in [5.74, 6) is -1.16. The molecule has 0 bridgehead atoms. The average Bonchev–Trinajstić information content (AvgIpc) is 2.64. The standard InChI is InChI=1S/C16H16ClN3O6S/c1-25-13-5-3-9(17)7-11(13)15(21)19-20-16(22)12-8-10(27(18,23)24)4-6-14(12)26-2/h3-8H,1-2H3,(H,19,21)(H,20,22)(H2,18,23,24). The molecule has 0 aliphatic rings. The molecule has 0 spiro atoms. The number of hydrazine groups is 1. The molecule has 2 rings (SSSR count). The number of primary sulfonamides is 1. The Morgan fingerprint density at radius 2 is 1.41 bits per heavy atom. The van der Waals surface area contributed by atoms with Gasteiger partial charge in [-0.15, -0.1) is 0 Å². The van der Waals surface area contributed by atoms with E-state index in [1.165, 1.54) is 38.5 Å². The van der Waals surface area contributed by atoms with E-state index < -0.39 is 21.8 Å². The van der Waals surface area contributed by atoms with Gasteiger partial charge in [-0.2, -0.15) is 0 Å². The smallest absolute Gasteiger partial charge is 0.273 e. The van der Waals surface area contributed by atoms with E-state index >= 15 is 0 Å². The zero-order valence-electron chi connectivity index (χ0n) is 14.3. The Morgan fingerprint density at radius 3 is 1.89 bits per heavy atom. The van der Waals surface area contributed by atoms with Crippen LogP contribution in [-0.2, 0) is 10.0 Å². The van der Waals surface area contributed by atoms with Crippen LogP contribution in [0.5, 0.6) is 11.5 Å². The minimum Gasteiger partial charge on any atom is -0.496 e. The van der Waals surface area contributed by atoms with Crippen LogP contribution in [0.25, 0.3) is 0 Å². The third-order valence-electron chi connectivity index (χ3n) is 3.44. The summed E-state index contributed by atoms with van der Waals surface area (Å²) < 4.78 is 33.0. The Bertz CT molecular complexity index is 994. The molecule has 0 aliphatic heterocycles. The van der Waals surface area contributed by atoms with Crippen molar-refractivity contribution in [1.82, 2.24) is 10.9 Å². The molecular formula is C16H16ClN3O6S. The van der Waals surface area contributed by atoms with E-state index in [4.69, 9.17) is 26.2 Å². The number of nitrogens with two attached hydrogens (primary N) is 1. The number of nitrogens with one attached hydrogen (secondary N) is 2. The molecule has 144 valence electrons. The number of hydrogen-bond donors (Lipinski definition) is 3. The van der Waals surface area contributed by atoms with Crippen molar-refractivity contribution in [3.63, 3.8) is 0 Å². The predicted octanol–water partition coefficient (Wildman–Crippen LogP) is 1.08. The Kier molecular flexibility index (Phi) is 6.26. The number of rotatable bonds is 5. The molecule has 0 heterocycles. The van der Waals surface area contributed by atoms with Gasteiger partial charge in [-0.1, -0.05) is 11.6 Å². The fourth-order valence-corrected chi connectivity index (χ4v) is 2.86. The first-order chi connectivity index (χ1) is 12.7. The molecule has 2 aromatic rings. The van der Waals surface area contributed by atoms with E-state index in [0.717, 1.165) is 6.07 Å². The lowest BCUT2D eigenvalue weighted by molar-refractivity contribution is 0.0843. The molecule has 27 heavy (non-hydrogen) atoms. The number of ether oxygens (including phenoxy) is 2. The molecule has 0 unspecified atom stereocenters. The summed E-state index contributed by atoms with van der Waals surface area (Å²) in [7, 11) is -1.35. The van der Waals surface area contributed by atoms with E-state index in [1.54, 1.807) is 6.07 Å². The first kappa shape index (κ1) is 20.5. The van der Waals surface area contributed by atoms with Crippen LogP contribution in [0, 0.1) is 0 Å². The monoisotopic (exact) mass is 413 g/mol. The molecule has 0 aromatic heterocycles. The minimum atomic E-state index is -4.03. The molecule has 0 atom stereocenters. The van der Waals surface area contributed by atoms with E-state index in [9.17, 15) is 18.0 Å². The van der Waals surface area contributed by atoms with Gasteiger partial charge in [-0.25, -0.2) is 13.6 Å². The van der Waals surface area contributed by atoms with Crippen molar-refractivity contribution in [1.29, 1.82) is 0 Å². The maximum Gasteiger partial charge on any atom is 0.273 e. The quantitative estimate of drug-likeness (QED) is 0.627. The zero-order valence-corrected chi connectivity index (χ0v) is 15.8. The average molecular weight is 414 g/mol. The van der Waals surface area contributed by atoms with Gasteiger partial charge in [0.1, 0.15) is 11.5 Å². The van der Waals surface area contributed by atoms with Crippen LogP contribution in [0.1, 0.15) is 20.7 Å². The third-order valence-corrected chi connectivity index (χ3v) is 4.59. The fraction of sp³-hybridized carbons (Fsp3) is 0.125. The number of amides is 2. The van der Waals surface area contributed by atoms with Gasteiger partial charge in [-0.05, 0) is 36.4 Å². The topological polar surface area (TPSA) is 137 Å². The molecule has 2 amide bonds. The highest BCUT2D eigenvalue weighted by molar-refractivity contribution is 7.89. The van der Waals surface area contributed by atoms with Crippen molar-refractivity contribution in [2.45, 2.75) is 4.90 Å². The highest BCUT2D eigenvalue weighted by atomic mass is 35.5. The lowest BCUT2D eigenvalue weighted by Gasteiger charge is -2.13. The van der Waals surface area contributed by atoms with Gasteiger partial charge >= 0.3 is 0 Å². The van der Waals surface area contributed by atoms with Crippen LogP contribution >= 0.6 is 11.6 Å². The van der Waals surface area contributed by atoms with Crippen molar-refractivity contribution in [3.05, 3.63) is 52.5 Å². The van der Waals surface area contributed by atoms with Crippen molar-refractivity contribution in [3.8, 4) is 11.5 Å². The maximum absolute atomic E-state index is 12.4. The second kappa shape index (κ2) is 8.25. The third kappa shape index (κ3) is 4.88. The maximum atomic E-state index is 12.4. The summed E-state index contributed by atoms with van der Waals surface area (Å²) in [5, 5.41) is 5.37. The van der Waals surface area contributed by atoms with Gasteiger partial charge in [0.05, 0.1) is 30.2 Å². The molecule has 0 saturated carbocycles. The van der Waals surface area contributed by atoms with E-state index in [0.29, 0.717) is 5.02 Å². The Labute approximate surface area is 160 Å². The van der Waals surface area contributed by atoms with Gasteiger partial charge in [0.15, 0.2) is 0 Å². The summed E-state index contributed by atoms with van der Waals surface area (Å²) in [4.78, 5) is 24.4. The van der Waals surface area contributed by atoms with Gasteiger partial charge in [0.25, 0.3) is 11.8 Å². The predicted molar refractivity (Wildman–Crippen MR) is 97.3 cm³/mol. The molecule has 4 N–H and O–H groups in total. The number of benzene rings is 2. The summed E-state index contributed by atoms with van der Waals surface area (Å²) in [5.41, 5.74) is 4.32. The molecule has 9 nitrogen and oxygen atoms in total. The first-order valence-corrected chi connectivity index (χ1v) is 9.25. The Balaban J connectivity index is 2.23. The van der Waals surface area contributed by atoms with Crippen molar-refractivity contribution in [2.24, 2.45) is 5.14 Å². The number of carbonyl (C=O) groups is 2. The molecule has 0 aliphatic carbocycles. The first-order valence-electron chi connectivity index (χ1n) is 7.32. The number of halogens is 1. The molecular weight excluding hydrogens is 398 g/mol. The lowest BCUT2D eigenvalue weighted by Crippen LogP contribution is -2.42. The van der Waals surface area contributed by atoms with Crippen LogP contribution < -0.4 is 25.5 Å². The SMILES string of the molecule is COc1ccc(Cl)cc1C(=O)NNC(=O)c1cc(S(N)(=O)=O)ccc1OC. The second-order valence-corrected chi connectivity index (χ2v) is 7.16. The van der Waals surface area contributed by atoms with Crippen molar-refractivity contribution in [2.75, 3.05) is 14.2 Å². The summed E-state index contributed by atoms with van der Waals surface area (Å²) >= 11 is 5.87. The summed E-state index contributed by atoms with van der Waals surface area (Å²) in [6, 6.07) is 7.91.